The predicted molar refractivity (Wildman–Crippen MR) is 72.0 cm³/mol. The number of hydrogen-bond donors (Lipinski definition) is 1. The van der Waals surface area contributed by atoms with Gasteiger partial charge in [-0.05, 0) is 22.4 Å². The fourth-order valence-corrected chi connectivity index (χ4v) is 5.32. The second-order valence-corrected chi connectivity index (χ2v) is 7.73. The summed E-state index contributed by atoms with van der Waals surface area (Å²) in [5, 5.41) is 16.0. The number of thiophene rings is 1. The van der Waals surface area contributed by atoms with Crippen LogP contribution < -0.4 is 0 Å². The van der Waals surface area contributed by atoms with Gasteiger partial charge in [-0.3, -0.25) is 0 Å². The van der Waals surface area contributed by atoms with E-state index in [0.29, 0.717) is 15.7 Å². The van der Waals surface area contributed by atoms with Crippen molar-refractivity contribution in [2.24, 2.45) is 0 Å². The van der Waals surface area contributed by atoms with Crippen LogP contribution in [0, 0.1) is 0 Å². The van der Waals surface area contributed by atoms with E-state index in [9.17, 15) is 5.11 Å². The SMILES string of the molecule is CC1SCC(C(O)c2ccsc2)SC1C. The molecule has 1 aliphatic heterocycles. The molecule has 1 N–H and O–H groups in total. The Labute approximate surface area is 104 Å². The van der Waals surface area contributed by atoms with E-state index in [4.69, 9.17) is 0 Å². The van der Waals surface area contributed by atoms with Gasteiger partial charge >= 0.3 is 0 Å². The summed E-state index contributed by atoms with van der Waals surface area (Å²) >= 11 is 5.57. The summed E-state index contributed by atoms with van der Waals surface area (Å²) in [5.41, 5.74) is 1.08. The number of hydrogen-bond acceptors (Lipinski definition) is 4. The Morgan fingerprint density at radius 1 is 1.40 bits per heavy atom. The molecule has 1 aliphatic rings. The van der Waals surface area contributed by atoms with Crippen molar-refractivity contribution in [2.45, 2.75) is 35.7 Å². The summed E-state index contributed by atoms with van der Waals surface area (Å²) in [6.45, 7) is 4.53. The van der Waals surface area contributed by atoms with Gasteiger partial charge in [-0.15, -0.1) is 0 Å². The Balaban J connectivity index is 2.00. The van der Waals surface area contributed by atoms with Crippen molar-refractivity contribution in [3.8, 4) is 0 Å². The monoisotopic (exact) mass is 260 g/mol. The predicted octanol–water partition coefficient (Wildman–Crippen LogP) is 3.41. The third-order valence-electron chi connectivity index (χ3n) is 2.81. The maximum absolute atomic E-state index is 10.2. The molecule has 0 saturated carbocycles. The Hall–Kier alpha value is 0.360. The van der Waals surface area contributed by atoms with Gasteiger partial charge in [-0.25, -0.2) is 0 Å². The van der Waals surface area contributed by atoms with Crippen LogP contribution >= 0.6 is 34.9 Å². The first-order valence-electron chi connectivity index (χ1n) is 5.15. The van der Waals surface area contributed by atoms with Crippen LogP contribution in [0.5, 0.6) is 0 Å². The van der Waals surface area contributed by atoms with E-state index >= 15 is 0 Å². The third kappa shape index (κ3) is 2.73. The smallest absolute Gasteiger partial charge is 0.0924 e. The molecule has 2 rings (SSSR count). The zero-order valence-electron chi connectivity index (χ0n) is 8.92. The molecule has 84 valence electrons. The zero-order valence-corrected chi connectivity index (χ0v) is 11.4. The molecular formula is C11H16OS3. The molecule has 1 aromatic heterocycles. The van der Waals surface area contributed by atoms with Crippen molar-refractivity contribution < 1.29 is 5.11 Å². The van der Waals surface area contributed by atoms with Crippen LogP contribution in [0.4, 0.5) is 0 Å². The lowest BCUT2D eigenvalue weighted by Crippen LogP contribution is -2.30. The molecule has 1 saturated heterocycles. The van der Waals surface area contributed by atoms with E-state index in [1.54, 1.807) is 11.3 Å². The highest BCUT2D eigenvalue weighted by Gasteiger charge is 2.31. The van der Waals surface area contributed by atoms with Crippen LogP contribution in [0.15, 0.2) is 16.8 Å². The van der Waals surface area contributed by atoms with Crippen LogP contribution in [0.25, 0.3) is 0 Å². The third-order valence-corrected chi connectivity index (χ3v) is 6.99. The first-order chi connectivity index (χ1) is 7.18. The molecule has 4 unspecified atom stereocenters. The number of aliphatic hydroxyl groups excluding tert-OH is 1. The number of thioether (sulfide) groups is 2. The second-order valence-electron chi connectivity index (χ2n) is 3.92. The van der Waals surface area contributed by atoms with Crippen LogP contribution in [-0.4, -0.2) is 26.6 Å². The van der Waals surface area contributed by atoms with Crippen molar-refractivity contribution in [2.75, 3.05) is 5.75 Å². The lowest BCUT2D eigenvalue weighted by Gasteiger charge is -2.33. The highest BCUT2D eigenvalue weighted by Crippen LogP contribution is 2.41. The minimum Gasteiger partial charge on any atom is -0.387 e. The number of aliphatic hydroxyl groups is 1. The summed E-state index contributed by atoms with van der Waals surface area (Å²) in [6.07, 6.45) is -0.288. The second kappa shape index (κ2) is 5.13. The van der Waals surface area contributed by atoms with Gasteiger partial charge in [0.15, 0.2) is 0 Å². The van der Waals surface area contributed by atoms with Gasteiger partial charge in [-0.2, -0.15) is 34.9 Å². The van der Waals surface area contributed by atoms with Crippen molar-refractivity contribution in [3.05, 3.63) is 22.4 Å². The van der Waals surface area contributed by atoms with Gasteiger partial charge in [0.1, 0.15) is 0 Å². The first-order valence-corrected chi connectivity index (χ1v) is 8.09. The molecule has 4 atom stereocenters. The summed E-state index contributed by atoms with van der Waals surface area (Å²) in [4.78, 5) is 0. The Bertz CT molecular complexity index is 299. The molecule has 15 heavy (non-hydrogen) atoms. The molecule has 1 nitrogen and oxygen atoms in total. The molecule has 4 heteroatoms. The van der Waals surface area contributed by atoms with Gasteiger partial charge in [0.2, 0.25) is 0 Å². The molecule has 0 bridgehead atoms. The normalized spacial score (nSPS) is 33.9. The minimum absolute atomic E-state index is 0.288. The van der Waals surface area contributed by atoms with Crippen molar-refractivity contribution >= 4 is 34.9 Å². The number of rotatable bonds is 2. The highest BCUT2D eigenvalue weighted by molar-refractivity contribution is 8.07. The summed E-state index contributed by atoms with van der Waals surface area (Å²) in [5.74, 6) is 1.06. The largest absolute Gasteiger partial charge is 0.387 e. The Kier molecular flexibility index (Phi) is 4.04. The van der Waals surface area contributed by atoms with Gasteiger partial charge in [-0.1, -0.05) is 13.8 Å². The van der Waals surface area contributed by atoms with E-state index in [-0.39, 0.29) is 6.10 Å². The average molecular weight is 260 g/mol. The highest BCUT2D eigenvalue weighted by atomic mass is 32.2. The lowest BCUT2D eigenvalue weighted by molar-refractivity contribution is 0.180. The fourth-order valence-electron chi connectivity index (χ4n) is 1.63. The van der Waals surface area contributed by atoms with Crippen LogP contribution in [-0.2, 0) is 0 Å². The first kappa shape index (κ1) is 11.8. The van der Waals surface area contributed by atoms with E-state index in [1.807, 2.05) is 35.0 Å². The van der Waals surface area contributed by atoms with Gasteiger partial charge in [0, 0.05) is 21.5 Å². The minimum atomic E-state index is -0.288. The molecule has 1 fully saturated rings. The average Bonchev–Trinajstić information content (AvgIpc) is 2.74. The summed E-state index contributed by atoms with van der Waals surface area (Å²) < 4.78 is 0. The zero-order chi connectivity index (χ0) is 10.8. The molecule has 0 spiro atoms. The summed E-state index contributed by atoms with van der Waals surface area (Å²) in [7, 11) is 0. The lowest BCUT2D eigenvalue weighted by atomic mass is 10.1. The maximum atomic E-state index is 10.2. The van der Waals surface area contributed by atoms with Crippen molar-refractivity contribution in [1.82, 2.24) is 0 Å². The van der Waals surface area contributed by atoms with Crippen LogP contribution in [0.1, 0.15) is 25.5 Å². The van der Waals surface area contributed by atoms with E-state index < -0.39 is 0 Å². The molecule has 2 heterocycles. The molecule has 0 amide bonds. The standard InChI is InChI=1S/C11H16OS3/c1-7-8(2)15-10(6-14-7)11(12)9-3-4-13-5-9/h3-5,7-8,10-12H,6H2,1-2H3. The van der Waals surface area contributed by atoms with Crippen LogP contribution in [0.3, 0.4) is 0 Å². The molecule has 0 radical (unpaired) electrons. The summed E-state index contributed by atoms with van der Waals surface area (Å²) in [6, 6.07) is 2.03. The Morgan fingerprint density at radius 3 is 2.80 bits per heavy atom. The van der Waals surface area contributed by atoms with E-state index in [0.717, 1.165) is 11.3 Å². The van der Waals surface area contributed by atoms with Crippen LogP contribution in [0.2, 0.25) is 0 Å². The molecule has 1 aromatic rings. The van der Waals surface area contributed by atoms with Crippen molar-refractivity contribution in [3.63, 3.8) is 0 Å². The molecule has 0 aromatic carbocycles. The molecular weight excluding hydrogens is 244 g/mol. The van der Waals surface area contributed by atoms with E-state index in [2.05, 4.69) is 19.2 Å². The van der Waals surface area contributed by atoms with Gasteiger partial charge in [0.05, 0.1) is 6.10 Å². The van der Waals surface area contributed by atoms with Gasteiger partial charge in [0.25, 0.3) is 0 Å². The van der Waals surface area contributed by atoms with Crippen molar-refractivity contribution in [1.29, 1.82) is 0 Å². The topological polar surface area (TPSA) is 20.2 Å². The fraction of sp³-hybridized carbons (Fsp3) is 0.636. The Morgan fingerprint density at radius 2 is 2.20 bits per heavy atom. The quantitative estimate of drug-likeness (QED) is 0.880. The van der Waals surface area contributed by atoms with E-state index in [1.165, 1.54) is 0 Å². The van der Waals surface area contributed by atoms with Gasteiger partial charge < -0.3 is 5.11 Å². The molecule has 0 aliphatic carbocycles. The maximum Gasteiger partial charge on any atom is 0.0924 e.